The molecule has 2 aromatic rings. The summed E-state index contributed by atoms with van der Waals surface area (Å²) in [5.74, 6) is 2.37. The minimum atomic E-state index is -1.34. The number of fused-ring (bicyclic) bond motifs is 1. The zero-order valence-corrected chi connectivity index (χ0v) is 16.7. The molecule has 4 rings (SSSR count). The Morgan fingerprint density at radius 3 is 2.66 bits per heavy atom. The van der Waals surface area contributed by atoms with Crippen LogP contribution in [0.4, 0.5) is 0 Å². The molecule has 154 valence electrons. The van der Waals surface area contributed by atoms with Gasteiger partial charge in [-0.15, -0.1) is 0 Å². The second-order valence-electron chi connectivity index (χ2n) is 7.89. The Morgan fingerprint density at radius 2 is 1.93 bits per heavy atom. The van der Waals surface area contributed by atoms with Gasteiger partial charge in [0.25, 0.3) is 0 Å². The number of esters is 1. The fourth-order valence-corrected chi connectivity index (χ4v) is 4.10. The van der Waals surface area contributed by atoms with Crippen LogP contribution in [0, 0.1) is 5.92 Å². The van der Waals surface area contributed by atoms with Crippen molar-refractivity contribution in [2.75, 3.05) is 33.4 Å². The zero-order chi connectivity index (χ0) is 20.3. The molecular formula is C23H27NO5. The van der Waals surface area contributed by atoms with Crippen LogP contribution in [0.25, 0.3) is 0 Å². The summed E-state index contributed by atoms with van der Waals surface area (Å²) in [5, 5.41) is 10.4. The van der Waals surface area contributed by atoms with Gasteiger partial charge >= 0.3 is 5.97 Å². The first-order valence-corrected chi connectivity index (χ1v) is 10.1. The highest BCUT2D eigenvalue weighted by atomic mass is 16.5. The largest absolute Gasteiger partial charge is 0.493 e. The van der Waals surface area contributed by atoms with Crippen molar-refractivity contribution >= 4 is 5.97 Å². The van der Waals surface area contributed by atoms with E-state index in [-0.39, 0.29) is 0 Å². The van der Waals surface area contributed by atoms with Gasteiger partial charge in [-0.3, -0.25) is 0 Å². The highest BCUT2D eigenvalue weighted by Crippen LogP contribution is 2.33. The van der Waals surface area contributed by atoms with E-state index >= 15 is 0 Å². The lowest BCUT2D eigenvalue weighted by molar-refractivity contribution is -0.167. The summed E-state index contributed by atoms with van der Waals surface area (Å²) in [6, 6.07) is 15.7. The molecular weight excluding hydrogens is 370 g/mol. The number of benzene rings is 2. The highest BCUT2D eigenvalue weighted by Gasteiger charge is 2.40. The summed E-state index contributed by atoms with van der Waals surface area (Å²) in [4.78, 5) is 14.1. The van der Waals surface area contributed by atoms with E-state index in [2.05, 4.69) is 11.0 Å². The predicted molar refractivity (Wildman–Crippen MR) is 108 cm³/mol. The number of hydrogen-bond donors (Lipinski definition) is 1. The first kappa shape index (κ1) is 19.7. The fourth-order valence-electron chi connectivity index (χ4n) is 4.10. The molecule has 0 saturated carbocycles. The molecule has 29 heavy (non-hydrogen) atoms. The standard InChI is InChI=1S/C23H27NO5/c1-27-22(25)23(26)9-11-24(12-10-23)15-17-13-18-14-20(7-8-21(18)28-16-17)29-19-5-3-2-4-6-19/h2-8,14,17,26H,9-13,15-16H2,1H3. The second kappa shape index (κ2) is 8.43. The van der Waals surface area contributed by atoms with Crippen molar-refractivity contribution in [3.8, 4) is 17.2 Å². The molecule has 1 saturated heterocycles. The molecule has 6 heteroatoms. The van der Waals surface area contributed by atoms with E-state index in [9.17, 15) is 9.90 Å². The Bertz CT molecular complexity index is 846. The Labute approximate surface area is 171 Å². The lowest BCUT2D eigenvalue weighted by atomic mass is 9.90. The summed E-state index contributed by atoms with van der Waals surface area (Å²) in [5.41, 5.74) is -0.192. The molecule has 0 amide bonds. The van der Waals surface area contributed by atoms with Gasteiger partial charge in [-0.1, -0.05) is 18.2 Å². The molecule has 6 nitrogen and oxygen atoms in total. The summed E-state index contributed by atoms with van der Waals surface area (Å²) in [6.45, 7) is 2.89. The third-order valence-corrected chi connectivity index (χ3v) is 5.76. The number of hydrogen-bond acceptors (Lipinski definition) is 6. The number of piperidine rings is 1. The van der Waals surface area contributed by atoms with Crippen molar-refractivity contribution in [2.45, 2.75) is 24.9 Å². The average molecular weight is 397 g/mol. The quantitative estimate of drug-likeness (QED) is 0.783. The smallest absolute Gasteiger partial charge is 0.337 e. The van der Waals surface area contributed by atoms with Gasteiger partial charge in [0.1, 0.15) is 17.2 Å². The Balaban J connectivity index is 1.35. The van der Waals surface area contributed by atoms with Crippen LogP contribution in [0.3, 0.4) is 0 Å². The minimum Gasteiger partial charge on any atom is -0.493 e. The summed E-state index contributed by atoms with van der Waals surface area (Å²) in [6.07, 6.45) is 1.72. The monoisotopic (exact) mass is 397 g/mol. The Morgan fingerprint density at radius 1 is 1.17 bits per heavy atom. The topological polar surface area (TPSA) is 68.2 Å². The van der Waals surface area contributed by atoms with E-state index in [1.807, 2.05) is 42.5 Å². The minimum absolute atomic E-state index is 0.360. The number of carbonyl (C=O) groups is 1. The number of ether oxygens (including phenoxy) is 3. The lowest BCUT2D eigenvalue weighted by Crippen LogP contribution is -2.51. The molecule has 1 unspecified atom stereocenters. The number of rotatable bonds is 5. The van der Waals surface area contributed by atoms with Crippen LogP contribution in [-0.2, 0) is 16.0 Å². The van der Waals surface area contributed by atoms with Crippen LogP contribution >= 0.6 is 0 Å². The van der Waals surface area contributed by atoms with E-state index < -0.39 is 11.6 Å². The molecule has 1 N–H and O–H groups in total. The second-order valence-corrected chi connectivity index (χ2v) is 7.89. The molecule has 0 radical (unpaired) electrons. The van der Waals surface area contributed by atoms with Crippen molar-refractivity contribution < 1.29 is 24.1 Å². The number of aliphatic hydroxyl groups is 1. The van der Waals surface area contributed by atoms with Gasteiger partial charge in [0.2, 0.25) is 0 Å². The van der Waals surface area contributed by atoms with E-state index in [0.717, 1.165) is 35.8 Å². The number of nitrogens with zero attached hydrogens (tertiary/aromatic N) is 1. The Kier molecular flexibility index (Phi) is 5.74. The van der Waals surface area contributed by atoms with Crippen LogP contribution in [0.5, 0.6) is 17.2 Å². The molecule has 0 aromatic heterocycles. The molecule has 2 heterocycles. The zero-order valence-electron chi connectivity index (χ0n) is 16.7. The van der Waals surface area contributed by atoms with E-state index in [4.69, 9.17) is 14.2 Å². The van der Waals surface area contributed by atoms with Gasteiger partial charge in [-0.2, -0.15) is 0 Å². The molecule has 0 aliphatic carbocycles. The van der Waals surface area contributed by atoms with E-state index in [1.165, 1.54) is 7.11 Å². The Hall–Kier alpha value is -2.57. The number of likely N-dealkylation sites (tertiary alicyclic amines) is 1. The van der Waals surface area contributed by atoms with Gasteiger partial charge in [0.15, 0.2) is 5.60 Å². The molecule has 2 aliphatic rings. The third-order valence-electron chi connectivity index (χ3n) is 5.76. The number of para-hydroxylation sites is 1. The lowest BCUT2D eigenvalue weighted by Gasteiger charge is -2.38. The molecule has 2 aliphatic heterocycles. The fraction of sp³-hybridized carbons (Fsp3) is 0.435. The summed E-state index contributed by atoms with van der Waals surface area (Å²) >= 11 is 0. The van der Waals surface area contributed by atoms with E-state index in [1.54, 1.807) is 0 Å². The third kappa shape index (κ3) is 4.54. The van der Waals surface area contributed by atoms with Crippen LogP contribution in [0.2, 0.25) is 0 Å². The van der Waals surface area contributed by atoms with Gasteiger partial charge in [-0.25, -0.2) is 4.79 Å². The van der Waals surface area contributed by atoms with Crippen molar-refractivity contribution in [3.63, 3.8) is 0 Å². The molecule has 1 atom stereocenters. The molecule has 0 bridgehead atoms. The highest BCUT2D eigenvalue weighted by molar-refractivity contribution is 5.79. The first-order chi connectivity index (χ1) is 14.1. The van der Waals surface area contributed by atoms with Crippen molar-refractivity contribution in [3.05, 3.63) is 54.1 Å². The van der Waals surface area contributed by atoms with Crippen molar-refractivity contribution in [1.29, 1.82) is 0 Å². The molecule has 2 aromatic carbocycles. The van der Waals surface area contributed by atoms with Crippen molar-refractivity contribution in [2.24, 2.45) is 5.92 Å². The number of carbonyl (C=O) groups excluding carboxylic acids is 1. The van der Waals surface area contributed by atoms with E-state index in [0.29, 0.717) is 38.5 Å². The summed E-state index contributed by atoms with van der Waals surface area (Å²) in [7, 11) is 1.32. The predicted octanol–water partition coefficient (Wildman–Crippen LogP) is 3.03. The van der Waals surface area contributed by atoms with Gasteiger partial charge in [0.05, 0.1) is 13.7 Å². The van der Waals surface area contributed by atoms with Crippen LogP contribution < -0.4 is 9.47 Å². The average Bonchev–Trinajstić information content (AvgIpc) is 2.75. The van der Waals surface area contributed by atoms with Gasteiger partial charge in [-0.05, 0) is 55.2 Å². The number of methoxy groups -OCH3 is 1. The SMILES string of the molecule is COC(=O)C1(O)CCN(CC2COc3ccc(Oc4ccccc4)cc3C2)CC1. The summed E-state index contributed by atoms with van der Waals surface area (Å²) < 4.78 is 16.7. The molecule has 1 fully saturated rings. The maximum Gasteiger partial charge on any atom is 0.337 e. The molecule has 0 spiro atoms. The first-order valence-electron chi connectivity index (χ1n) is 10.1. The van der Waals surface area contributed by atoms with Crippen molar-refractivity contribution in [1.82, 2.24) is 4.90 Å². The maximum atomic E-state index is 11.8. The maximum absolute atomic E-state index is 11.8. The van der Waals surface area contributed by atoms with Gasteiger partial charge < -0.3 is 24.2 Å². The van der Waals surface area contributed by atoms with Crippen LogP contribution in [-0.4, -0.2) is 54.9 Å². The van der Waals surface area contributed by atoms with Crippen LogP contribution in [0.1, 0.15) is 18.4 Å². The van der Waals surface area contributed by atoms with Crippen LogP contribution in [0.15, 0.2) is 48.5 Å². The van der Waals surface area contributed by atoms with Gasteiger partial charge in [0, 0.05) is 25.6 Å². The normalized spacial score (nSPS) is 21.0.